The molecular formula is C9H14N2O4. The van der Waals surface area contributed by atoms with Gasteiger partial charge in [-0.25, -0.2) is 4.79 Å². The van der Waals surface area contributed by atoms with Crippen LogP contribution < -0.4 is 0 Å². The second-order valence-corrected chi connectivity index (χ2v) is 3.54. The fourth-order valence-corrected chi connectivity index (χ4v) is 1.50. The van der Waals surface area contributed by atoms with Gasteiger partial charge in [-0.05, 0) is 6.92 Å². The van der Waals surface area contributed by atoms with E-state index in [4.69, 9.17) is 5.11 Å². The highest BCUT2D eigenvalue weighted by atomic mass is 16.4. The topological polar surface area (TPSA) is 77.9 Å². The Balaban J connectivity index is 2.64. The molecule has 1 saturated heterocycles. The molecule has 0 bridgehead atoms. The normalized spacial score (nSPS) is 18.9. The van der Waals surface area contributed by atoms with Gasteiger partial charge in [-0.2, -0.15) is 0 Å². The molecule has 0 aromatic carbocycles. The number of carboxylic acid groups (broad SMARTS) is 1. The summed E-state index contributed by atoms with van der Waals surface area (Å²) in [7, 11) is 0. The molecule has 1 fully saturated rings. The Morgan fingerprint density at radius 1 is 1.40 bits per heavy atom. The van der Waals surface area contributed by atoms with Crippen LogP contribution in [0.15, 0.2) is 0 Å². The summed E-state index contributed by atoms with van der Waals surface area (Å²) in [5, 5.41) is 8.75. The minimum atomic E-state index is -1.03. The largest absolute Gasteiger partial charge is 0.480 e. The van der Waals surface area contributed by atoms with Gasteiger partial charge in [-0.1, -0.05) is 0 Å². The second kappa shape index (κ2) is 4.29. The van der Waals surface area contributed by atoms with E-state index < -0.39 is 12.0 Å². The lowest BCUT2D eigenvalue weighted by Crippen LogP contribution is -2.56. The van der Waals surface area contributed by atoms with E-state index in [0.29, 0.717) is 6.54 Å². The van der Waals surface area contributed by atoms with Crippen molar-refractivity contribution in [3.8, 4) is 0 Å². The van der Waals surface area contributed by atoms with Crippen LogP contribution in [0.25, 0.3) is 0 Å². The van der Waals surface area contributed by atoms with Gasteiger partial charge in [0.1, 0.15) is 6.04 Å². The summed E-state index contributed by atoms with van der Waals surface area (Å²) in [4.78, 5) is 35.9. The third-order valence-electron chi connectivity index (χ3n) is 2.53. The Hall–Kier alpha value is -1.59. The maximum absolute atomic E-state index is 11.5. The van der Waals surface area contributed by atoms with Crippen molar-refractivity contribution in [2.75, 3.05) is 19.6 Å². The molecular weight excluding hydrogens is 200 g/mol. The van der Waals surface area contributed by atoms with Crippen molar-refractivity contribution in [2.45, 2.75) is 19.9 Å². The number of amides is 2. The number of carbonyl (C=O) groups excluding carboxylic acids is 2. The lowest BCUT2D eigenvalue weighted by atomic mass is 10.2. The molecule has 0 aromatic heterocycles. The molecule has 1 aliphatic heterocycles. The fraction of sp³-hybridized carbons (Fsp3) is 0.667. The molecule has 0 aromatic rings. The third kappa shape index (κ3) is 2.45. The first-order chi connectivity index (χ1) is 6.93. The highest BCUT2D eigenvalue weighted by Gasteiger charge is 2.31. The quantitative estimate of drug-likeness (QED) is 0.649. The molecule has 0 radical (unpaired) electrons. The van der Waals surface area contributed by atoms with E-state index in [9.17, 15) is 14.4 Å². The smallest absolute Gasteiger partial charge is 0.326 e. The van der Waals surface area contributed by atoms with E-state index in [2.05, 4.69) is 0 Å². The van der Waals surface area contributed by atoms with Crippen LogP contribution in [0.2, 0.25) is 0 Å². The zero-order chi connectivity index (χ0) is 11.6. The van der Waals surface area contributed by atoms with Crippen LogP contribution in [0.4, 0.5) is 0 Å². The number of carbonyl (C=O) groups is 3. The minimum Gasteiger partial charge on any atom is -0.480 e. The number of hydrogen-bond donors (Lipinski definition) is 1. The van der Waals surface area contributed by atoms with Crippen LogP contribution in [0.3, 0.4) is 0 Å². The van der Waals surface area contributed by atoms with Crippen molar-refractivity contribution in [3.05, 3.63) is 0 Å². The molecule has 1 atom stereocenters. The van der Waals surface area contributed by atoms with Gasteiger partial charge < -0.3 is 14.9 Å². The van der Waals surface area contributed by atoms with Gasteiger partial charge in [0, 0.05) is 20.0 Å². The minimum absolute atomic E-state index is 0.0209. The predicted octanol–water partition coefficient (Wildman–Crippen LogP) is -0.850. The van der Waals surface area contributed by atoms with Gasteiger partial charge in [0.2, 0.25) is 11.8 Å². The lowest BCUT2D eigenvalue weighted by Gasteiger charge is -2.35. The van der Waals surface area contributed by atoms with Gasteiger partial charge in [-0.3, -0.25) is 9.59 Å². The Morgan fingerprint density at radius 2 is 2.00 bits per heavy atom. The Kier molecular flexibility index (Phi) is 3.28. The first kappa shape index (κ1) is 11.5. The van der Waals surface area contributed by atoms with Gasteiger partial charge in [0.05, 0.1) is 6.54 Å². The Labute approximate surface area is 87.5 Å². The van der Waals surface area contributed by atoms with Crippen molar-refractivity contribution in [2.24, 2.45) is 0 Å². The van der Waals surface area contributed by atoms with E-state index in [1.54, 1.807) is 0 Å². The summed E-state index contributed by atoms with van der Waals surface area (Å²) >= 11 is 0. The predicted molar refractivity (Wildman–Crippen MR) is 51.1 cm³/mol. The molecule has 0 spiro atoms. The van der Waals surface area contributed by atoms with Gasteiger partial charge >= 0.3 is 5.97 Å². The summed E-state index contributed by atoms with van der Waals surface area (Å²) in [6, 6.07) is -0.827. The fourth-order valence-electron chi connectivity index (χ4n) is 1.50. The average molecular weight is 214 g/mol. The van der Waals surface area contributed by atoms with E-state index >= 15 is 0 Å². The summed E-state index contributed by atoms with van der Waals surface area (Å²) in [6.45, 7) is 3.52. The molecule has 6 nitrogen and oxygen atoms in total. The molecule has 1 aliphatic rings. The number of nitrogens with zero attached hydrogens (tertiary/aromatic N) is 2. The van der Waals surface area contributed by atoms with Crippen LogP contribution in [-0.4, -0.2) is 58.4 Å². The number of aliphatic carboxylic acids is 1. The van der Waals surface area contributed by atoms with Gasteiger partial charge in [0.15, 0.2) is 0 Å². The third-order valence-corrected chi connectivity index (χ3v) is 2.53. The second-order valence-electron chi connectivity index (χ2n) is 3.54. The van der Waals surface area contributed by atoms with Crippen molar-refractivity contribution >= 4 is 17.8 Å². The standard InChI is InChI=1S/C9H14N2O4/c1-6(9(14)15)11-4-3-10(7(2)12)5-8(11)13/h6H,3-5H2,1-2H3,(H,14,15). The summed E-state index contributed by atoms with van der Waals surface area (Å²) < 4.78 is 0. The molecule has 84 valence electrons. The maximum atomic E-state index is 11.5. The van der Waals surface area contributed by atoms with E-state index in [-0.39, 0.29) is 24.9 Å². The Morgan fingerprint density at radius 3 is 2.40 bits per heavy atom. The van der Waals surface area contributed by atoms with Crippen LogP contribution in [0.1, 0.15) is 13.8 Å². The zero-order valence-corrected chi connectivity index (χ0v) is 8.77. The molecule has 1 rings (SSSR count). The van der Waals surface area contributed by atoms with Gasteiger partial charge in [0.25, 0.3) is 0 Å². The van der Waals surface area contributed by atoms with Crippen LogP contribution in [0.5, 0.6) is 0 Å². The van der Waals surface area contributed by atoms with Crippen molar-refractivity contribution in [1.29, 1.82) is 0 Å². The average Bonchev–Trinajstić information content (AvgIpc) is 2.16. The number of carboxylic acids is 1. The summed E-state index contributed by atoms with van der Waals surface area (Å²) in [5.41, 5.74) is 0. The SMILES string of the molecule is CC(=O)N1CCN(C(C)C(=O)O)C(=O)C1. The van der Waals surface area contributed by atoms with Gasteiger partial charge in [-0.15, -0.1) is 0 Å². The van der Waals surface area contributed by atoms with E-state index in [0.717, 1.165) is 0 Å². The number of piperazine rings is 1. The Bertz CT molecular complexity index is 302. The highest BCUT2D eigenvalue weighted by Crippen LogP contribution is 2.08. The highest BCUT2D eigenvalue weighted by molar-refractivity contribution is 5.88. The number of rotatable bonds is 2. The van der Waals surface area contributed by atoms with E-state index in [1.807, 2.05) is 0 Å². The van der Waals surface area contributed by atoms with Crippen LogP contribution in [0, 0.1) is 0 Å². The first-order valence-electron chi connectivity index (χ1n) is 4.71. The molecule has 0 aliphatic carbocycles. The molecule has 6 heteroatoms. The van der Waals surface area contributed by atoms with Crippen molar-refractivity contribution < 1.29 is 19.5 Å². The summed E-state index contributed by atoms with van der Waals surface area (Å²) in [5.74, 6) is -1.50. The van der Waals surface area contributed by atoms with E-state index in [1.165, 1.54) is 23.6 Å². The molecule has 1 heterocycles. The monoisotopic (exact) mass is 214 g/mol. The zero-order valence-electron chi connectivity index (χ0n) is 8.77. The molecule has 1 N–H and O–H groups in total. The molecule has 15 heavy (non-hydrogen) atoms. The summed E-state index contributed by atoms with van der Waals surface area (Å²) in [6.07, 6.45) is 0. The molecule has 0 saturated carbocycles. The number of hydrogen-bond acceptors (Lipinski definition) is 3. The maximum Gasteiger partial charge on any atom is 0.326 e. The van der Waals surface area contributed by atoms with Crippen LogP contribution in [-0.2, 0) is 14.4 Å². The lowest BCUT2D eigenvalue weighted by molar-refractivity contribution is -0.154. The van der Waals surface area contributed by atoms with Crippen molar-refractivity contribution in [3.63, 3.8) is 0 Å². The van der Waals surface area contributed by atoms with Crippen LogP contribution >= 0.6 is 0 Å². The molecule has 1 unspecified atom stereocenters. The van der Waals surface area contributed by atoms with Crippen molar-refractivity contribution in [1.82, 2.24) is 9.80 Å². The first-order valence-corrected chi connectivity index (χ1v) is 4.71. The molecule has 2 amide bonds.